The van der Waals surface area contributed by atoms with E-state index in [1.807, 2.05) is 0 Å². The van der Waals surface area contributed by atoms with Gasteiger partial charge in [0.2, 0.25) is 0 Å². The molecule has 0 atom stereocenters. The van der Waals surface area contributed by atoms with E-state index in [1.54, 1.807) is 0 Å². The Hall–Kier alpha value is -7.01. The fraction of sp³-hybridized carbons (Fsp3) is 0.0926. The van der Waals surface area contributed by atoms with E-state index in [2.05, 4.69) is 203 Å². The van der Waals surface area contributed by atoms with Crippen LogP contribution in [0.3, 0.4) is 0 Å². The molecule has 8 bridgehead atoms. The molecule has 2 aliphatic carbocycles. The highest BCUT2D eigenvalue weighted by Gasteiger charge is 2.27. The van der Waals surface area contributed by atoms with Gasteiger partial charge in [-0.1, -0.05) is 146 Å². The monoisotopic (exact) mass is 746 g/mol. The predicted molar refractivity (Wildman–Crippen MR) is 244 cm³/mol. The van der Waals surface area contributed by atoms with E-state index >= 15 is 0 Å². The van der Waals surface area contributed by atoms with Crippen LogP contribution in [0.5, 0.6) is 0 Å². The summed E-state index contributed by atoms with van der Waals surface area (Å²) < 4.78 is 0. The minimum atomic E-state index is 0.245. The van der Waals surface area contributed by atoms with E-state index in [0.717, 1.165) is 79.9 Å². The van der Waals surface area contributed by atoms with Crippen LogP contribution in [0.4, 0.5) is 0 Å². The Morgan fingerprint density at radius 2 is 0.776 bits per heavy atom. The zero-order chi connectivity index (χ0) is 38.4. The number of nitrogens with zero attached hydrogens (tertiary/aromatic N) is 2. The SMILES string of the molecule is C1=CC(N2CCCC2)C=CC2=C1c1cc2c(-c2ccccc2)c2ccc([nH]2)c(-c2ccccc2)c2nc(c(-c3ccccc3)c3ccc([nH]3)c1-c1ccccc1)C=C2. The van der Waals surface area contributed by atoms with Gasteiger partial charge in [0, 0.05) is 50.4 Å². The van der Waals surface area contributed by atoms with Gasteiger partial charge >= 0.3 is 0 Å². The molecule has 0 unspecified atom stereocenters. The molecule has 0 radical (unpaired) electrons. The standard InChI is InChI=1S/C54H42N4/c1-5-15-36(16-6-1)51-43-35-44(42-26-24-40(23-25-41(42)43)58-33-13-14-34-58)52(37-17-7-2-8-18-37)46-28-30-48(56-46)54(39-21-11-4-12-22-39)50-32-31-49(57-50)53(38-19-9-3-10-20-38)47-29-27-45(51)55-47/h1-12,15-32,35,40,55-56H,13-14,33-34H2. The lowest BCUT2D eigenvalue weighted by molar-refractivity contribution is 0.323. The van der Waals surface area contributed by atoms with E-state index in [1.165, 1.54) is 46.2 Å². The third kappa shape index (κ3) is 6.01. The average molecular weight is 747 g/mol. The van der Waals surface area contributed by atoms with Gasteiger partial charge in [-0.3, -0.25) is 4.90 Å². The lowest BCUT2D eigenvalue weighted by Crippen LogP contribution is -2.29. The molecule has 7 aromatic rings. The van der Waals surface area contributed by atoms with Crippen molar-refractivity contribution in [2.75, 3.05) is 13.1 Å². The van der Waals surface area contributed by atoms with Crippen molar-refractivity contribution in [2.45, 2.75) is 18.9 Å². The first-order chi connectivity index (χ1) is 28.8. The molecular weight excluding hydrogens is 705 g/mol. The Morgan fingerprint density at radius 3 is 1.17 bits per heavy atom. The second-order valence-electron chi connectivity index (χ2n) is 15.5. The number of allylic oxidation sites excluding steroid dienone is 4. The Bertz CT molecular complexity index is 2780. The third-order valence-electron chi connectivity index (χ3n) is 12.0. The highest BCUT2D eigenvalue weighted by Crippen LogP contribution is 2.47. The number of rotatable bonds is 5. The molecule has 58 heavy (non-hydrogen) atoms. The van der Waals surface area contributed by atoms with Crippen LogP contribution in [-0.2, 0) is 0 Å². The van der Waals surface area contributed by atoms with Crippen molar-refractivity contribution in [3.8, 4) is 44.5 Å². The number of hydrogen-bond donors (Lipinski definition) is 2. The number of aromatic amines is 2. The minimum Gasteiger partial charge on any atom is -0.354 e. The average Bonchev–Trinajstić information content (AvgIpc) is 4.14. The van der Waals surface area contributed by atoms with Crippen LogP contribution >= 0.6 is 0 Å². The lowest BCUT2D eigenvalue weighted by atomic mass is 9.95. The number of nitrogens with one attached hydrogen (secondary N) is 2. The van der Waals surface area contributed by atoms with Crippen LogP contribution in [0.15, 0.2) is 176 Å². The smallest absolute Gasteiger partial charge is 0.0737 e. The summed E-state index contributed by atoms with van der Waals surface area (Å²) in [6, 6.07) is 54.7. The summed E-state index contributed by atoms with van der Waals surface area (Å²) in [7, 11) is 0. The molecule has 4 aliphatic rings. The summed E-state index contributed by atoms with van der Waals surface area (Å²) in [5.41, 5.74) is 19.9. The van der Waals surface area contributed by atoms with Crippen molar-refractivity contribution in [1.29, 1.82) is 0 Å². The maximum atomic E-state index is 5.45. The number of benzene rings is 4. The summed E-state index contributed by atoms with van der Waals surface area (Å²) in [5.74, 6) is 0. The second-order valence-corrected chi connectivity index (χ2v) is 15.5. The Morgan fingerprint density at radius 1 is 0.414 bits per heavy atom. The molecule has 11 rings (SSSR count). The van der Waals surface area contributed by atoms with Crippen molar-refractivity contribution < 1.29 is 0 Å². The molecule has 2 N–H and O–H groups in total. The van der Waals surface area contributed by atoms with Gasteiger partial charge in [0.05, 0.1) is 11.4 Å². The second kappa shape index (κ2) is 14.5. The summed E-state index contributed by atoms with van der Waals surface area (Å²) in [5, 5.41) is 0. The molecular formula is C54H42N4. The molecule has 0 saturated carbocycles. The van der Waals surface area contributed by atoms with Crippen molar-refractivity contribution in [2.24, 2.45) is 0 Å². The predicted octanol–water partition coefficient (Wildman–Crippen LogP) is 13.3. The van der Waals surface area contributed by atoms with E-state index < -0.39 is 0 Å². The van der Waals surface area contributed by atoms with Crippen LogP contribution < -0.4 is 0 Å². The summed E-state index contributed by atoms with van der Waals surface area (Å²) in [4.78, 5) is 16.0. The number of hydrogen-bond acceptors (Lipinski definition) is 2. The Labute approximate surface area is 338 Å². The van der Waals surface area contributed by atoms with E-state index in [4.69, 9.17) is 4.98 Å². The largest absolute Gasteiger partial charge is 0.354 e. The Balaban J connectivity index is 1.33. The van der Waals surface area contributed by atoms with Gasteiger partial charge in [-0.2, -0.15) is 0 Å². The fourth-order valence-corrected chi connectivity index (χ4v) is 9.33. The molecule has 0 amide bonds. The molecule has 4 aromatic carbocycles. The summed E-state index contributed by atoms with van der Waals surface area (Å²) in [6.07, 6.45) is 16.5. The molecule has 4 nitrogen and oxygen atoms in total. The normalized spacial score (nSPS) is 15.2. The minimum absolute atomic E-state index is 0.245. The van der Waals surface area contributed by atoms with Gasteiger partial charge in [-0.25, -0.2) is 4.98 Å². The first-order valence-electron chi connectivity index (χ1n) is 20.5. The van der Waals surface area contributed by atoms with Crippen LogP contribution in [-0.4, -0.2) is 39.0 Å². The van der Waals surface area contributed by atoms with Gasteiger partial charge in [0.15, 0.2) is 0 Å². The highest BCUT2D eigenvalue weighted by molar-refractivity contribution is 6.13. The van der Waals surface area contributed by atoms with E-state index in [9.17, 15) is 0 Å². The zero-order valence-corrected chi connectivity index (χ0v) is 32.2. The van der Waals surface area contributed by atoms with Crippen molar-refractivity contribution in [3.63, 3.8) is 0 Å². The van der Waals surface area contributed by atoms with Gasteiger partial charge in [0.1, 0.15) is 0 Å². The number of H-pyrrole nitrogens is 2. The molecule has 5 heterocycles. The lowest BCUT2D eigenvalue weighted by Gasteiger charge is -2.21. The van der Waals surface area contributed by atoms with E-state index in [-0.39, 0.29) is 6.04 Å². The van der Waals surface area contributed by atoms with Crippen molar-refractivity contribution in [3.05, 3.63) is 198 Å². The molecule has 1 fully saturated rings. The van der Waals surface area contributed by atoms with Gasteiger partial charge in [0.25, 0.3) is 0 Å². The van der Waals surface area contributed by atoms with Crippen LogP contribution in [0.25, 0.3) is 89.9 Å². The molecule has 0 spiro atoms. The van der Waals surface area contributed by atoms with E-state index in [0.29, 0.717) is 0 Å². The first kappa shape index (κ1) is 34.3. The molecule has 2 aliphatic heterocycles. The zero-order valence-electron chi connectivity index (χ0n) is 32.2. The molecule has 3 aromatic heterocycles. The maximum Gasteiger partial charge on any atom is 0.0737 e. The van der Waals surface area contributed by atoms with Crippen LogP contribution in [0.2, 0.25) is 0 Å². The highest BCUT2D eigenvalue weighted by atomic mass is 15.2. The third-order valence-corrected chi connectivity index (χ3v) is 12.0. The first-order valence-corrected chi connectivity index (χ1v) is 20.5. The molecule has 1 saturated heterocycles. The Kier molecular flexibility index (Phi) is 8.56. The molecule has 278 valence electrons. The maximum absolute atomic E-state index is 5.45. The topological polar surface area (TPSA) is 47.7 Å². The number of fused-ring (bicyclic) bond motifs is 10. The van der Waals surface area contributed by atoms with Crippen LogP contribution in [0, 0.1) is 0 Å². The van der Waals surface area contributed by atoms with Gasteiger partial charge < -0.3 is 9.97 Å². The van der Waals surface area contributed by atoms with Gasteiger partial charge in [-0.05, 0) is 113 Å². The molecule has 4 heteroatoms. The van der Waals surface area contributed by atoms with Crippen molar-refractivity contribution >= 4 is 45.4 Å². The van der Waals surface area contributed by atoms with Crippen molar-refractivity contribution in [1.82, 2.24) is 19.9 Å². The summed E-state index contributed by atoms with van der Waals surface area (Å²) in [6.45, 7) is 2.25. The fourth-order valence-electron chi connectivity index (χ4n) is 9.33. The number of likely N-dealkylation sites (tertiary alicyclic amines) is 1. The number of aromatic nitrogens is 3. The van der Waals surface area contributed by atoms with Gasteiger partial charge in [-0.15, -0.1) is 0 Å². The quantitative estimate of drug-likeness (QED) is 0.184. The summed E-state index contributed by atoms with van der Waals surface area (Å²) >= 11 is 0. The van der Waals surface area contributed by atoms with Crippen LogP contribution in [0.1, 0.15) is 35.4 Å².